The Balaban J connectivity index is 1.69. The molecule has 0 spiro atoms. The predicted molar refractivity (Wildman–Crippen MR) is 96.7 cm³/mol. The van der Waals surface area contributed by atoms with E-state index in [1.165, 1.54) is 0 Å². The zero-order valence-electron chi connectivity index (χ0n) is 15.7. The SMILES string of the molecule is CC[C@@H]1NC(=O)[C@H]2CN(Cc3ccc(OC)c(COC)c3)CCN2C1=O. The Labute approximate surface area is 154 Å². The topological polar surface area (TPSA) is 71.1 Å². The molecule has 1 aromatic rings. The number of ether oxygens (including phenoxy) is 2. The summed E-state index contributed by atoms with van der Waals surface area (Å²) in [6.45, 7) is 5.04. The first-order valence-electron chi connectivity index (χ1n) is 9.05. The van der Waals surface area contributed by atoms with Crippen molar-refractivity contribution < 1.29 is 19.1 Å². The molecule has 2 atom stereocenters. The first kappa shape index (κ1) is 18.7. The lowest BCUT2D eigenvalue weighted by atomic mass is 10.0. The van der Waals surface area contributed by atoms with Crippen LogP contribution in [0.25, 0.3) is 0 Å². The molecule has 7 heteroatoms. The summed E-state index contributed by atoms with van der Waals surface area (Å²) in [4.78, 5) is 28.8. The van der Waals surface area contributed by atoms with Gasteiger partial charge in [-0.3, -0.25) is 14.5 Å². The molecular formula is C19H27N3O4. The highest BCUT2D eigenvalue weighted by Crippen LogP contribution is 2.23. The fourth-order valence-corrected chi connectivity index (χ4v) is 3.73. The molecule has 2 amide bonds. The summed E-state index contributed by atoms with van der Waals surface area (Å²) in [5, 5.41) is 2.85. The van der Waals surface area contributed by atoms with Crippen molar-refractivity contribution in [2.75, 3.05) is 33.9 Å². The summed E-state index contributed by atoms with van der Waals surface area (Å²) >= 11 is 0. The molecular weight excluding hydrogens is 334 g/mol. The Bertz CT molecular complexity index is 679. The molecule has 2 fully saturated rings. The fraction of sp³-hybridized carbons (Fsp3) is 0.579. The first-order valence-corrected chi connectivity index (χ1v) is 9.05. The van der Waals surface area contributed by atoms with Crippen molar-refractivity contribution >= 4 is 11.8 Å². The second kappa shape index (κ2) is 8.05. The second-order valence-electron chi connectivity index (χ2n) is 6.83. The minimum absolute atomic E-state index is 0.0450. The van der Waals surface area contributed by atoms with E-state index in [4.69, 9.17) is 9.47 Å². The van der Waals surface area contributed by atoms with Crippen LogP contribution in [-0.2, 0) is 27.5 Å². The summed E-state index contributed by atoms with van der Waals surface area (Å²) < 4.78 is 10.6. The highest BCUT2D eigenvalue weighted by Gasteiger charge is 2.42. The molecule has 0 saturated carbocycles. The van der Waals surface area contributed by atoms with E-state index < -0.39 is 6.04 Å². The van der Waals surface area contributed by atoms with Crippen LogP contribution in [0.2, 0.25) is 0 Å². The fourth-order valence-electron chi connectivity index (χ4n) is 3.73. The van der Waals surface area contributed by atoms with Gasteiger partial charge in [-0.05, 0) is 24.1 Å². The Kier molecular flexibility index (Phi) is 5.78. The maximum atomic E-state index is 12.5. The molecule has 2 saturated heterocycles. The van der Waals surface area contributed by atoms with Gasteiger partial charge in [0.2, 0.25) is 11.8 Å². The van der Waals surface area contributed by atoms with E-state index in [1.54, 1.807) is 19.1 Å². The number of benzene rings is 1. The van der Waals surface area contributed by atoms with Crippen molar-refractivity contribution in [3.8, 4) is 5.75 Å². The van der Waals surface area contributed by atoms with E-state index >= 15 is 0 Å². The van der Waals surface area contributed by atoms with Gasteiger partial charge >= 0.3 is 0 Å². The third-order valence-electron chi connectivity index (χ3n) is 5.12. The highest BCUT2D eigenvalue weighted by atomic mass is 16.5. The molecule has 0 bridgehead atoms. The Hall–Kier alpha value is -2.12. The quantitative estimate of drug-likeness (QED) is 0.810. The zero-order valence-corrected chi connectivity index (χ0v) is 15.7. The number of carbonyl (C=O) groups is 2. The Morgan fingerprint density at radius 3 is 2.73 bits per heavy atom. The summed E-state index contributed by atoms with van der Waals surface area (Å²) in [5.74, 6) is 0.808. The molecule has 2 heterocycles. The van der Waals surface area contributed by atoms with Crippen LogP contribution in [0.4, 0.5) is 0 Å². The van der Waals surface area contributed by atoms with Crippen LogP contribution in [0, 0.1) is 0 Å². The monoisotopic (exact) mass is 361 g/mol. The van der Waals surface area contributed by atoms with Crippen LogP contribution in [0.5, 0.6) is 5.75 Å². The van der Waals surface area contributed by atoms with E-state index in [2.05, 4.69) is 16.3 Å². The van der Waals surface area contributed by atoms with Gasteiger partial charge in [0, 0.05) is 38.9 Å². The third-order valence-corrected chi connectivity index (χ3v) is 5.12. The maximum Gasteiger partial charge on any atom is 0.245 e. The molecule has 0 radical (unpaired) electrons. The van der Waals surface area contributed by atoms with Gasteiger partial charge in [-0.2, -0.15) is 0 Å². The van der Waals surface area contributed by atoms with Gasteiger partial charge in [0.15, 0.2) is 0 Å². The van der Waals surface area contributed by atoms with Crippen LogP contribution in [0.1, 0.15) is 24.5 Å². The lowest BCUT2D eigenvalue weighted by Gasteiger charge is -2.45. The Morgan fingerprint density at radius 2 is 2.04 bits per heavy atom. The molecule has 7 nitrogen and oxygen atoms in total. The van der Waals surface area contributed by atoms with Crippen LogP contribution in [-0.4, -0.2) is 67.6 Å². The summed E-state index contributed by atoms with van der Waals surface area (Å²) in [6, 6.07) is 5.29. The maximum absolute atomic E-state index is 12.5. The number of methoxy groups -OCH3 is 2. The van der Waals surface area contributed by atoms with E-state index in [0.717, 1.165) is 30.0 Å². The van der Waals surface area contributed by atoms with Crippen molar-refractivity contribution in [2.45, 2.75) is 38.6 Å². The number of fused-ring (bicyclic) bond motifs is 1. The van der Waals surface area contributed by atoms with Crippen molar-refractivity contribution in [2.24, 2.45) is 0 Å². The number of nitrogens with zero attached hydrogens (tertiary/aromatic N) is 2. The molecule has 0 aliphatic carbocycles. The average Bonchev–Trinajstić information content (AvgIpc) is 2.65. The highest BCUT2D eigenvalue weighted by molar-refractivity contribution is 5.97. The largest absolute Gasteiger partial charge is 0.496 e. The van der Waals surface area contributed by atoms with Gasteiger partial charge in [0.25, 0.3) is 0 Å². The van der Waals surface area contributed by atoms with Crippen LogP contribution >= 0.6 is 0 Å². The smallest absolute Gasteiger partial charge is 0.245 e. The third kappa shape index (κ3) is 3.68. The molecule has 2 aliphatic rings. The standard InChI is InChI=1S/C19H27N3O4/c1-4-15-19(24)22-8-7-21(11-16(22)18(23)20-15)10-13-5-6-17(26-3)14(9-13)12-25-2/h5-6,9,15-16H,4,7-8,10-12H2,1-3H3,(H,20,23)/t15-,16+/m0/s1. The Morgan fingerprint density at radius 1 is 1.23 bits per heavy atom. The number of amides is 2. The summed E-state index contributed by atoms with van der Waals surface area (Å²) in [6.07, 6.45) is 0.631. The normalized spacial score (nSPS) is 23.6. The van der Waals surface area contributed by atoms with Gasteiger partial charge in [-0.1, -0.05) is 13.0 Å². The lowest BCUT2D eigenvalue weighted by Crippen LogP contribution is -2.68. The zero-order chi connectivity index (χ0) is 18.7. The average molecular weight is 361 g/mol. The summed E-state index contributed by atoms with van der Waals surface area (Å²) in [5.41, 5.74) is 2.14. The minimum atomic E-state index is -0.393. The van der Waals surface area contributed by atoms with Crippen molar-refractivity contribution in [1.82, 2.24) is 15.1 Å². The van der Waals surface area contributed by atoms with Crippen LogP contribution in [0.3, 0.4) is 0 Å². The van der Waals surface area contributed by atoms with Crippen LogP contribution in [0.15, 0.2) is 18.2 Å². The van der Waals surface area contributed by atoms with Crippen molar-refractivity contribution in [1.29, 1.82) is 0 Å². The number of carbonyl (C=O) groups excluding carboxylic acids is 2. The number of nitrogens with one attached hydrogen (secondary N) is 1. The van der Waals surface area contributed by atoms with E-state index in [1.807, 2.05) is 19.1 Å². The second-order valence-corrected chi connectivity index (χ2v) is 6.83. The molecule has 3 rings (SSSR count). The van der Waals surface area contributed by atoms with Gasteiger partial charge < -0.3 is 19.7 Å². The van der Waals surface area contributed by atoms with E-state index in [-0.39, 0.29) is 17.9 Å². The number of hydrogen-bond acceptors (Lipinski definition) is 5. The van der Waals surface area contributed by atoms with Gasteiger partial charge in [0.1, 0.15) is 17.8 Å². The predicted octanol–water partition coefficient (Wildman–Crippen LogP) is 0.763. The van der Waals surface area contributed by atoms with E-state index in [0.29, 0.717) is 26.1 Å². The molecule has 142 valence electrons. The summed E-state index contributed by atoms with van der Waals surface area (Å²) in [7, 11) is 3.31. The van der Waals surface area contributed by atoms with Gasteiger partial charge in [0.05, 0.1) is 13.7 Å². The molecule has 1 aromatic carbocycles. The van der Waals surface area contributed by atoms with Gasteiger partial charge in [-0.25, -0.2) is 0 Å². The molecule has 0 unspecified atom stereocenters. The van der Waals surface area contributed by atoms with Crippen LogP contribution < -0.4 is 10.1 Å². The number of hydrogen-bond donors (Lipinski definition) is 1. The van der Waals surface area contributed by atoms with E-state index in [9.17, 15) is 9.59 Å². The minimum Gasteiger partial charge on any atom is -0.496 e. The molecule has 1 N–H and O–H groups in total. The van der Waals surface area contributed by atoms with Crippen molar-refractivity contribution in [3.05, 3.63) is 29.3 Å². The first-order chi connectivity index (χ1) is 12.6. The number of rotatable bonds is 6. The van der Waals surface area contributed by atoms with Crippen molar-refractivity contribution in [3.63, 3.8) is 0 Å². The number of piperazine rings is 2. The molecule has 0 aromatic heterocycles. The lowest BCUT2D eigenvalue weighted by molar-refractivity contribution is -0.153. The van der Waals surface area contributed by atoms with Gasteiger partial charge in [-0.15, -0.1) is 0 Å². The molecule has 2 aliphatic heterocycles. The molecule has 26 heavy (non-hydrogen) atoms.